The fourth-order valence-corrected chi connectivity index (χ4v) is 6.13. The first-order chi connectivity index (χ1) is 16.5. The summed E-state index contributed by atoms with van der Waals surface area (Å²) in [6, 6.07) is 8.43. The van der Waals surface area contributed by atoms with E-state index in [-0.39, 0.29) is 24.4 Å². The highest BCUT2D eigenvalue weighted by Gasteiger charge is 2.56. The molecule has 0 radical (unpaired) electrons. The molecule has 0 aliphatic carbocycles. The number of fused-ring (bicyclic) bond motifs is 1. The van der Waals surface area contributed by atoms with Gasteiger partial charge in [-0.3, -0.25) is 13.9 Å². The van der Waals surface area contributed by atoms with Crippen LogP contribution in [0.4, 0.5) is 5.82 Å². The fraction of sp³-hybridized carbons (Fsp3) is 0.429. The summed E-state index contributed by atoms with van der Waals surface area (Å²) in [6.45, 7) is 2.65. The third kappa shape index (κ3) is 5.30. The highest BCUT2D eigenvalue weighted by molar-refractivity contribution is 7.54. The molecule has 0 bridgehead atoms. The molecule has 0 amide bonds. The summed E-state index contributed by atoms with van der Waals surface area (Å²) in [5, 5.41) is 10.8. The number of imidazole rings is 1. The number of anilines is 1. The van der Waals surface area contributed by atoms with E-state index in [9.17, 15) is 14.5 Å². The number of nitrogen functional groups attached to an aromatic ring is 1. The predicted molar refractivity (Wildman–Crippen MR) is 129 cm³/mol. The lowest BCUT2D eigenvalue weighted by Crippen LogP contribution is -2.38. The van der Waals surface area contributed by atoms with E-state index >= 15 is 0 Å². The van der Waals surface area contributed by atoms with Gasteiger partial charge in [0.2, 0.25) is 0 Å². The van der Waals surface area contributed by atoms with Gasteiger partial charge >= 0.3 is 7.60 Å². The molecule has 5 atom stereocenters. The van der Waals surface area contributed by atoms with Crippen LogP contribution in [-0.2, 0) is 18.6 Å². The molecule has 0 saturated carbocycles. The van der Waals surface area contributed by atoms with Crippen molar-refractivity contribution in [1.82, 2.24) is 19.5 Å². The molecule has 0 spiro atoms. The van der Waals surface area contributed by atoms with Crippen LogP contribution in [0.1, 0.15) is 20.1 Å². The van der Waals surface area contributed by atoms with Crippen molar-refractivity contribution in [2.75, 3.05) is 18.5 Å². The normalized spacial score (nSPS) is 24.2. The molecule has 1 unspecified atom stereocenters. The molecule has 1 fully saturated rings. The third-order valence-corrected chi connectivity index (χ3v) is 8.48. The highest BCUT2D eigenvalue weighted by atomic mass is 35.5. The lowest BCUT2D eigenvalue weighted by atomic mass is 10.1. The zero-order chi connectivity index (χ0) is 25.4. The number of ketones is 1. The maximum Gasteiger partial charge on any atom is 0.379 e. The lowest BCUT2D eigenvalue weighted by Gasteiger charge is -2.24. The summed E-state index contributed by atoms with van der Waals surface area (Å²) in [7, 11) is -3.85. The Kier molecular flexibility index (Phi) is 7.38. The lowest BCUT2D eigenvalue weighted by molar-refractivity contribution is -0.119. The van der Waals surface area contributed by atoms with Gasteiger partial charge in [0.25, 0.3) is 0 Å². The molecule has 188 valence electrons. The number of aromatic nitrogens is 4. The Labute approximate surface area is 211 Å². The van der Waals surface area contributed by atoms with Crippen LogP contribution in [0.2, 0.25) is 0 Å². The quantitative estimate of drug-likeness (QED) is 0.303. The van der Waals surface area contributed by atoms with E-state index in [1.54, 1.807) is 37.3 Å². The number of halogens is 2. The van der Waals surface area contributed by atoms with E-state index in [1.165, 1.54) is 24.1 Å². The van der Waals surface area contributed by atoms with Gasteiger partial charge in [-0.25, -0.2) is 19.5 Å². The van der Waals surface area contributed by atoms with Gasteiger partial charge in [0.15, 0.2) is 22.0 Å². The Balaban J connectivity index is 1.55. The first-order valence-electron chi connectivity index (χ1n) is 10.6. The number of nitrogens with two attached hydrogens (primary N) is 1. The monoisotopic (exact) mass is 543 g/mol. The molecule has 1 aliphatic heterocycles. The predicted octanol–water partition coefficient (Wildman–Crippen LogP) is 3.35. The summed E-state index contributed by atoms with van der Waals surface area (Å²) in [6.07, 6.45) is -1.21. The molecule has 11 nitrogen and oxygen atoms in total. The molecule has 3 N–H and O–H groups in total. The summed E-state index contributed by atoms with van der Waals surface area (Å²) >= 11 is 13.0. The Hall–Kier alpha value is -2.27. The average molecular weight is 544 g/mol. The number of nitrogens with zero attached hydrogens (tertiary/aromatic N) is 4. The summed E-state index contributed by atoms with van der Waals surface area (Å²) < 4.78 is 30.5. The molecule has 3 heterocycles. The minimum absolute atomic E-state index is 0.153. The second-order valence-electron chi connectivity index (χ2n) is 8.23. The number of rotatable bonds is 9. The molecular formula is C21H24Cl2N5O6P. The Morgan fingerprint density at radius 3 is 2.71 bits per heavy atom. The van der Waals surface area contributed by atoms with Crippen molar-refractivity contribution in [1.29, 1.82) is 0 Å². The Morgan fingerprint density at radius 2 is 2.03 bits per heavy atom. The number of alkyl halides is 2. The van der Waals surface area contributed by atoms with Crippen molar-refractivity contribution < 1.29 is 28.3 Å². The molecule has 35 heavy (non-hydrogen) atoms. The minimum Gasteiger partial charge on any atom is -0.424 e. The summed E-state index contributed by atoms with van der Waals surface area (Å²) in [5.41, 5.74) is 6.45. The third-order valence-electron chi connectivity index (χ3n) is 5.63. The number of carbonyl (C=O) groups excluding carboxylic acids is 1. The zero-order valence-electron chi connectivity index (χ0n) is 18.8. The van der Waals surface area contributed by atoms with Crippen LogP contribution >= 0.6 is 30.8 Å². The van der Waals surface area contributed by atoms with Crippen molar-refractivity contribution in [2.45, 2.75) is 36.6 Å². The van der Waals surface area contributed by atoms with E-state index in [0.29, 0.717) is 16.9 Å². The molecule has 1 aromatic carbocycles. The van der Waals surface area contributed by atoms with Crippen LogP contribution in [0, 0.1) is 5.92 Å². The number of ether oxygens (including phenoxy) is 1. The largest absolute Gasteiger partial charge is 0.424 e. The maximum atomic E-state index is 13.6. The van der Waals surface area contributed by atoms with E-state index in [1.807, 2.05) is 0 Å². The van der Waals surface area contributed by atoms with Gasteiger partial charge in [-0.15, -0.1) is 0 Å². The number of hydrogen-bond acceptors (Lipinski definition) is 10. The first kappa shape index (κ1) is 25.8. The van der Waals surface area contributed by atoms with Crippen LogP contribution in [0.15, 0.2) is 43.0 Å². The average Bonchev–Trinajstić information content (AvgIpc) is 3.32. The van der Waals surface area contributed by atoms with Crippen molar-refractivity contribution >= 4 is 53.6 Å². The van der Waals surface area contributed by atoms with Crippen LogP contribution in [0.25, 0.3) is 11.2 Å². The number of para-hydroxylation sites is 1. The zero-order valence-corrected chi connectivity index (χ0v) is 21.2. The van der Waals surface area contributed by atoms with Crippen molar-refractivity contribution in [2.24, 2.45) is 5.92 Å². The number of aliphatic hydroxyl groups excluding tert-OH is 1. The number of carbonyl (C=O) groups is 1. The molecule has 14 heteroatoms. The molecule has 4 rings (SSSR count). The van der Waals surface area contributed by atoms with Crippen LogP contribution < -0.4 is 10.3 Å². The molecule has 3 aromatic rings. The van der Waals surface area contributed by atoms with Crippen molar-refractivity contribution in [3.63, 3.8) is 0 Å². The number of benzene rings is 1. The molecular weight excluding hydrogens is 520 g/mol. The highest BCUT2D eigenvalue weighted by Crippen LogP contribution is 2.52. The van der Waals surface area contributed by atoms with Gasteiger partial charge in [-0.05, 0) is 19.1 Å². The van der Waals surface area contributed by atoms with E-state index in [2.05, 4.69) is 15.0 Å². The van der Waals surface area contributed by atoms with Gasteiger partial charge in [0, 0.05) is 5.92 Å². The standard InChI is InChI=1S/C21H24Cl2N5O6P/c1-12(13(2)29)9-35(31,34-14-6-4-3-5-7-14)32-8-15-17(30)21(22,23)20(33-15)28-11-27-16-18(24)25-10-26-19(16)28/h3-7,10-12,15,17,20,30H,8-9H2,1-2H3,(H2,24,25,26)/t12-,15-,17+,20-,35?/m1/s1. The van der Waals surface area contributed by atoms with Gasteiger partial charge in [-0.1, -0.05) is 48.3 Å². The number of hydrogen-bond donors (Lipinski definition) is 2. The topological polar surface area (TPSA) is 152 Å². The summed E-state index contributed by atoms with van der Waals surface area (Å²) in [4.78, 5) is 24.0. The van der Waals surface area contributed by atoms with Gasteiger partial charge in [-0.2, -0.15) is 0 Å². The minimum atomic E-state index is -3.85. The maximum absolute atomic E-state index is 13.6. The van der Waals surface area contributed by atoms with Crippen molar-refractivity contribution in [3.8, 4) is 5.75 Å². The SMILES string of the molecule is CC(=O)[C@H](C)CP(=O)(OC[C@H]1O[C@@H](n2cnc3c(N)ncnc32)C(Cl)(Cl)[C@H]1O)Oc1ccccc1. The smallest absolute Gasteiger partial charge is 0.379 e. The van der Waals surface area contributed by atoms with Crippen molar-refractivity contribution in [3.05, 3.63) is 43.0 Å². The van der Waals surface area contributed by atoms with Crippen LogP contribution in [0.3, 0.4) is 0 Å². The van der Waals surface area contributed by atoms with E-state index < -0.39 is 36.3 Å². The van der Waals surface area contributed by atoms with Crippen LogP contribution in [-0.4, -0.2) is 59.7 Å². The van der Waals surface area contributed by atoms with E-state index in [0.717, 1.165) is 0 Å². The summed E-state index contributed by atoms with van der Waals surface area (Å²) in [5.74, 6) is -0.296. The molecule has 1 saturated heterocycles. The Morgan fingerprint density at radius 1 is 1.31 bits per heavy atom. The second kappa shape index (κ2) is 10.0. The second-order valence-corrected chi connectivity index (χ2v) is 11.7. The first-order valence-corrected chi connectivity index (χ1v) is 13.1. The fourth-order valence-electron chi connectivity index (χ4n) is 3.56. The van der Waals surface area contributed by atoms with Gasteiger partial charge < -0.3 is 20.1 Å². The number of aliphatic hydroxyl groups is 1. The Bertz CT molecular complexity index is 1260. The molecule has 1 aliphatic rings. The number of Topliss-reactive ketones (excluding diaryl/α,β-unsaturated/α-hetero) is 1. The van der Waals surface area contributed by atoms with Gasteiger partial charge in [0.1, 0.15) is 35.6 Å². The van der Waals surface area contributed by atoms with Gasteiger partial charge in [0.05, 0.1) is 19.1 Å². The van der Waals surface area contributed by atoms with Crippen LogP contribution in [0.5, 0.6) is 5.75 Å². The van der Waals surface area contributed by atoms with E-state index in [4.69, 9.17) is 42.7 Å². The molecule has 2 aromatic heterocycles.